The number of rotatable bonds is 6. The summed E-state index contributed by atoms with van der Waals surface area (Å²) in [5.41, 5.74) is 9.75. The molecular weight excluding hydrogens is 443 g/mol. The monoisotopic (exact) mass is 468 g/mol. The van der Waals surface area contributed by atoms with Gasteiger partial charge in [-0.15, -0.1) is 24.0 Å². The molecule has 0 aliphatic heterocycles. The summed E-state index contributed by atoms with van der Waals surface area (Å²) in [6.45, 7) is 4.90. The van der Waals surface area contributed by atoms with E-state index in [0.717, 1.165) is 5.69 Å². The van der Waals surface area contributed by atoms with E-state index in [0.29, 0.717) is 30.4 Å². The van der Waals surface area contributed by atoms with Crippen LogP contribution >= 0.6 is 24.0 Å². The number of guanidine groups is 1. The number of nitrogens with two attached hydrogens (primary N) is 1. The summed E-state index contributed by atoms with van der Waals surface area (Å²) in [6, 6.07) is 12.9. The normalized spacial score (nSPS) is 10.7. The second-order valence-corrected chi connectivity index (χ2v) is 5.68. The third kappa shape index (κ3) is 6.55. The van der Waals surface area contributed by atoms with Gasteiger partial charge in [0.05, 0.1) is 13.7 Å². The first kappa shape index (κ1) is 21.8. The third-order valence-corrected chi connectivity index (χ3v) is 3.81. The maximum Gasteiger partial charge on any atom is 0.251 e. The number of halogens is 1. The largest absolute Gasteiger partial charge is 0.497 e. The maximum atomic E-state index is 12.0. The Labute approximate surface area is 171 Å². The lowest BCUT2D eigenvalue weighted by Crippen LogP contribution is -2.28. The van der Waals surface area contributed by atoms with E-state index in [4.69, 9.17) is 10.5 Å². The second kappa shape index (κ2) is 10.6. The summed E-state index contributed by atoms with van der Waals surface area (Å²) in [7, 11) is 1.59. The number of carbonyl (C=O) groups excluding carboxylic acids is 1. The van der Waals surface area contributed by atoms with Crippen LogP contribution < -0.4 is 21.1 Å². The van der Waals surface area contributed by atoms with Crippen LogP contribution in [0.2, 0.25) is 0 Å². The summed E-state index contributed by atoms with van der Waals surface area (Å²) in [5, 5.41) is 5.85. The Kier molecular flexibility index (Phi) is 8.91. The van der Waals surface area contributed by atoms with Crippen LogP contribution in [0.1, 0.15) is 21.5 Å². The molecule has 0 heterocycles. The number of benzene rings is 2. The summed E-state index contributed by atoms with van der Waals surface area (Å²) < 4.78 is 5.07. The first-order valence-corrected chi connectivity index (χ1v) is 8.06. The number of hydrogen-bond donors (Lipinski definition) is 3. The Morgan fingerprint density at radius 1 is 1.12 bits per heavy atom. The van der Waals surface area contributed by atoms with Gasteiger partial charge < -0.3 is 21.1 Å². The third-order valence-electron chi connectivity index (χ3n) is 3.81. The molecule has 1 amide bonds. The molecule has 0 aliphatic rings. The quantitative estimate of drug-likeness (QED) is 0.263. The van der Waals surface area contributed by atoms with Crippen LogP contribution in [0.25, 0.3) is 0 Å². The molecule has 26 heavy (non-hydrogen) atoms. The fourth-order valence-corrected chi connectivity index (χ4v) is 2.20. The van der Waals surface area contributed by atoms with Gasteiger partial charge in [0.1, 0.15) is 5.75 Å². The zero-order chi connectivity index (χ0) is 18.2. The average Bonchev–Trinajstić information content (AvgIpc) is 2.62. The molecule has 0 spiro atoms. The van der Waals surface area contributed by atoms with Gasteiger partial charge in [0.25, 0.3) is 5.91 Å². The van der Waals surface area contributed by atoms with Crippen LogP contribution in [0.4, 0.5) is 5.69 Å². The Morgan fingerprint density at radius 3 is 2.42 bits per heavy atom. The van der Waals surface area contributed by atoms with E-state index in [9.17, 15) is 4.79 Å². The summed E-state index contributed by atoms with van der Waals surface area (Å²) >= 11 is 0. The number of amides is 1. The molecule has 0 saturated heterocycles. The molecule has 2 rings (SSSR count). The van der Waals surface area contributed by atoms with Crippen molar-refractivity contribution in [2.75, 3.05) is 25.5 Å². The molecule has 0 fully saturated rings. The summed E-state index contributed by atoms with van der Waals surface area (Å²) in [5.74, 6) is 0.881. The fraction of sp³-hybridized carbons (Fsp3) is 0.263. The van der Waals surface area contributed by atoms with Gasteiger partial charge >= 0.3 is 0 Å². The lowest BCUT2D eigenvalue weighted by molar-refractivity contribution is 0.0955. The highest BCUT2D eigenvalue weighted by atomic mass is 127. The summed E-state index contributed by atoms with van der Waals surface area (Å²) in [4.78, 5) is 16.2. The number of nitrogens with one attached hydrogen (secondary N) is 2. The molecule has 0 aromatic heterocycles. The molecule has 0 radical (unpaired) electrons. The maximum absolute atomic E-state index is 12.0. The molecule has 2 aromatic rings. The van der Waals surface area contributed by atoms with Gasteiger partial charge in [0, 0.05) is 17.8 Å². The lowest BCUT2D eigenvalue weighted by Gasteiger charge is -2.08. The number of aliphatic imine (C=N–C) groups is 1. The van der Waals surface area contributed by atoms with Crippen LogP contribution in [0.15, 0.2) is 47.5 Å². The number of nitrogens with zero attached hydrogens (tertiary/aromatic N) is 1. The summed E-state index contributed by atoms with van der Waals surface area (Å²) in [6.07, 6.45) is 0. The molecule has 140 valence electrons. The molecule has 0 atom stereocenters. The molecule has 0 aliphatic carbocycles. The molecule has 0 unspecified atom stereocenters. The van der Waals surface area contributed by atoms with Crippen molar-refractivity contribution in [3.63, 3.8) is 0 Å². The predicted molar refractivity (Wildman–Crippen MR) is 117 cm³/mol. The van der Waals surface area contributed by atoms with Gasteiger partial charge in [-0.2, -0.15) is 0 Å². The van der Waals surface area contributed by atoms with Gasteiger partial charge in [0.15, 0.2) is 5.96 Å². The van der Waals surface area contributed by atoms with E-state index in [2.05, 4.69) is 22.5 Å². The van der Waals surface area contributed by atoms with Crippen LogP contribution in [-0.2, 0) is 0 Å². The highest BCUT2D eigenvalue weighted by Crippen LogP contribution is 2.13. The molecule has 0 bridgehead atoms. The second-order valence-electron chi connectivity index (χ2n) is 5.68. The minimum absolute atomic E-state index is 0. The van der Waals surface area contributed by atoms with Crippen molar-refractivity contribution in [2.45, 2.75) is 13.8 Å². The Morgan fingerprint density at radius 2 is 1.81 bits per heavy atom. The number of ether oxygens (including phenoxy) is 1. The van der Waals surface area contributed by atoms with Crippen LogP contribution in [0.5, 0.6) is 5.75 Å². The van der Waals surface area contributed by atoms with Crippen LogP contribution in [-0.4, -0.2) is 32.1 Å². The number of anilines is 1. The van der Waals surface area contributed by atoms with E-state index in [1.54, 1.807) is 31.4 Å². The van der Waals surface area contributed by atoms with Crippen molar-refractivity contribution < 1.29 is 9.53 Å². The average molecular weight is 468 g/mol. The van der Waals surface area contributed by atoms with Crippen LogP contribution in [0.3, 0.4) is 0 Å². The van der Waals surface area contributed by atoms with Gasteiger partial charge in [-0.25, -0.2) is 0 Å². The van der Waals surface area contributed by atoms with Gasteiger partial charge in [-0.05, 0) is 61.4 Å². The minimum Gasteiger partial charge on any atom is -0.497 e. The molecule has 7 heteroatoms. The minimum atomic E-state index is -0.154. The molecular formula is C19H25IN4O2. The van der Waals surface area contributed by atoms with E-state index < -0.39 is 0 Å². The van der Waals surface area contributed by atoms with Crippen molar-refractivity contribution in [3.8, 4) is 5.75 Å². The van der Waals surface area contributed by atoms with Gasteiger partial charge in [-0.3, -0.25) is 9.79 Å². The first-order chi connectivity index (χ1) is 12.0. The molecule has 0 saturated carbocycles. The predicted octanol–water partition coefficient (Wildman–Crippen LogP) is 3.09. The zero-order valence-electron chi connectivity index (χ0n) is 15.2. The standard InChI is InChI=1S/C19H24N4O2.HI/c1-13-4-7-16(12-14(13)2)23-19(20)22-11-10-21-18(24)15-5-8-17(25-3)9-6-15;/h4-9,12H,10-11H2,1-3H3,(H,21,24)(H3,20,22,23);1H. The first-order valence-electron chi connectivity index (χ1n) is 8.06. The highest BCUT2D eigenvalue weighted by molar-refractivity contribution is 14.0. The Bertz CT molecular complexity index is 761. The van der Waals surface area contributed by atoms with E-state index >= 15 is 0 Å². The molecule has 2 aromatic carbocycles. The number of carbonyl (C=O) groups is 1. The topological polar surface area (TPSA) is 88.7 Å². The zero-order valence-corrected chi connectivity index (χ0v) is 17.5. The smallest absolute Gasteiger partial charge is 0.251 e. The molecule has 4 N–H and O–H groups in total. The van der Waals surface area contributed by atoms with Crippen molar-refractivity contribution in [3.05, 3.63) is 59.2 Å². The lowest BCUT2D eigenvalue weighted by atomic mass is 10.1. The van der Waals surface area contributed by atoms with E-state index in [1.165, 1.54) is 11.1 Å². The molecule has 6 nitrogen and oxygen atoms in total. The van der Waals surface area contributed by atoms with Crippen molar-refractivity contribution in [1.29, 1.82) is 0 Å². The fourth-order valence-electron chi connectivity index (χ4n) is 2.20. The van der Waals surface area contributed by atoms with Gasteiger partial charge in [-0.1, -0.05) is 6.07 Å². The van der Waals surface area contributed by atoms with Crippen LogP contribution in [0, 0.1) is 13.8 Å². The Hall–Kier alpha value is -2.29. The highest BCUT2D eigenvalue weighted by Gasteiger charge is 2.04. The number of hydrogen-bond acceptors (Lipinski definition) is 3. The number of methoxy groups -OCH3 is 1. The Balaban J connectivity index is 0.00000338. The van der Waals surface area contributed by atoms with E-state index in [1.807, 2.05) is 25.1 Å². The van der Waals surface area contributed by atoms with Crippen molar-refractivity contribution >= 4 is 41.5 Å². The van der Waals surface area contributed by atoms with Crippen molar-refractivity contribution in [1.82, 2.24) is 5.32 Å². The number of aryl methyl sites for hydroxylation is 2. The SMILES string of the molecule is COc1ccc(C(=O)NCCN=C(N)Nc2ccc(C)c(C)c2)cc1.I. The van der Waals surface area contributed by atoms with Gasteiger partial charge in [0.2, 0.25) is 0 Å². The van der Waals surface area contributed by atoms with E-state index in [-0.39, 0.29) is 29.9 Å². The van der Waals surface area contributed by atoms with Crippen molar-refractivity contribution in [2.24, 2.45) is 10.7 Å².